The molecular weight excluding hydrogens is 306 g/mol. The summed E-state index contributed by atoms with van der Waals surface area (Å²) >= 11 is 0. The molecule has 0 aliphatic rings. The van der Waals surface area contributed by atoms with Crippen LogP contribution in [0.4, 0.5) is 0 Å². The molecule has 3 rings (SSSR count). The first-order chi connectivity index (χ1) is 12.3. The van der Waals surface area contributed by atoms with E-state index < -0.39 is 0 Å². The van der Waals surface area contributed by atoms with Crippen molar-refractivity contribution in [3.8, 4) is 5.69 Å². The fourth-order valence-corrected chi connectivity index (χ4v) is 3.30. The number of unbranched alkanes of at least 4 members (excludes halogenated alkanes) is 4. The molecule has 1 aromatic heterocycles. The maximum atomic E-state index is 4.68. The summed E-state index contributed by atoms with van der Waals surface area (Å²) in [6.45, 7) is 4.51. The number of nitrogens with zero attached hydrogens (tertiary/aromatic N) is 3. The maximum Gasteiger partial charge on any atom is 0.113 e. The van der Waals surface area contributed by atoms with E-state index in [2.05, 4.69) is 42.2 Å². The van der Waals surface area contributed by atoms with Crippen LogP contribution in [-0.4, -0.2) is 15.0 Å². The monoisotopic (exact) mass is 335 g/mol. The van der Waals surface area contributed by atoms with E-state index >= 15 is 0 Å². The summed E-state index contributed by atoms with van der Waals surface area (Å²) in [4.78, 5) is 1.82. The summed E-state index contributed by atoms with van der Waals surface area (Å²) < 4.78 is 0. The van der Waals surface area contributed by atoms with Crippen molar-refractivity contribution in [1.82, 2.24) is 15.0 Å². The zero-order chi connectivity index (χ0) is 17.5. The van der Waals surface area contributed by atoms with Crippen LogP contribution in [0.1, 0.15) is 63.5 Å². The second-order valence-electron chi connectivity index (χ2n) is 6.86. The standard InChI is InChI=1S/C22H29N3/c1-3-5-7-11-18-15-16-22(19(17-18)12-8-6-4-2)25-23-20-13-9-10-14-21(20)24-25/h9-10,13-17H,3-8,11-12H2,1-2H3. The average molecular weight is 335 g/mol. The fourth-order valence-electron chi connectivity index (χ4n) is 3.30. The smallest absolute Gasteiger partial charge is 0.113 e. The molecule has 1 heterocycles. The molecule has 0 saturated heterocycles. The van der Waals surface area contributed by atoms with E-state index in [9.17, 15) is 0 Å². The summed E-state index contributed by atoms with van der Waals surface area (Å²) in [6.07, 6.45) is 9.86. The van der Waals surface area contributed by atoms with Crippen LogP contribution in [0.5, 0.6) is 0 Å². The molecule has 0 radical (unpaired) electrons. The third-order valence-corrected chi connectivity index (χ3v) is 4.76. The molecule has 0 aliphatic heterocycles. The number of aryl methyl sites for hydroxylation is 2. The van der Waals surface area contributed by atoms with Crippen molar-refractivity contribution < 1.29 is 0 Å². The number of hydrogen-bond acceptors (Lipinski definition) is 2. The van der Waals surface area contributed by atoms with Crippen molar-refractivity contribution in [2.75, 3.05) is 0 Å². The molecule has 2 aromatic carbocycles. The Morgan fingerprint density at radius 2 is 1.40 bits per heavy atom. The third kappa shape index (κ3) is 4.47. The maximum absolute atomic E-state index is 4.68. The minimum atomic E-state index is 0.953. The van der Waals surface area contributed by atoms with Gasteiger partial charge in [-0.2, -0.15) is 4.80 Å². The van der Waals surface area contributed by atoms with Gasteiger partial charge in [0.05, 0.1) is 5.69 Å². The van der Waals surface area contributed by atoms with Gasteiger partial charge >= 0.3 is 0 Å². The summed E-state index contributed by atoms with van der Waals surface area (Å²) in [5.74, 6) is 0. The first kappa shape index (κ1) is 17.7. The lowest BCUT2D eigenvalue weighted by atomic mass is 9.99. The van der Waals surface area contributed by atoms with E-state index in [0.717, 1.165) is 23.1 Å². The minimum absolute atomic E-state index is 0.953. The van der Waals surface area contributed by atoms with E-state index in [1.54, 1.807) is 0 Å². The van der Waals surface area contributed by atoms with Crippen molar-refractivity contribution in [2.24, 2.45) is 0 Å². The topological polar surface area (TPSA) is 30.7 Å². The molecule has 0 atom stereocenters. The van der Waals surface area contributed by atoms with Crippen LogP contribution in [-0.2, 0) is 12.8 Å². The molecule has 0 N–H and O–H groups in total. The predicted octanol–water partition coefficient (Wildman–Crippen LogP) is 5.89. The first-order valence-corrected chi connectivity index (χ1v) is 9.76. The second-order valence-corrected chi connectivity index (χ2v) is 6.86. The number of hydrogen-bond donors (Lipinski definition) is 0. The van der Waals surface area contributed by atoms with E-state index in [1.165, 1.54) is 56.1 Å². The Bertz CT molecular complexity index is 771. The van der Waals surface area contributed by atoms with E-state index in [0.29, 0.717) is 0 Å². The molecule has 0 bridgehead atoms. The van der Waals surface area contributed by atoms with Gasteiger partial charge in [0.15, 0.2) is 0 Å². The van der Waals surface area contributed by atoms with Crippen LogP contribution < -0.4 is 0 Å². The zero-order valence-corrected chi connectivity index (χ0v) is 15.5. The van der Waals surface area contributed by atoms with Crippen molar-refractivity contribution >= 4 is 11.0 Å². The fraction of sp³-hybridized carbons (Fsp3) is 0.455. The molecule has 0 fully saturated rings. The Hall–Kier alpha value is -2.16. The van der Waals surface area contributed by atoms with E-state index in [4.69, 9.17) is 0 Å². The molecule has 25 heavy (non-hydrogen) atoms. The van der Waals surface area contributed by atoms with Crippen LogP contribution >= 0.6 is 0 Å². The van der Waals surface area contributed by atoms with Gasteiger partial charge in [-0.05, 0) is 55.0 Å². The van der Waals surface area contributed by atoms with Crippen LogP contribution in [0.25, 0.3) is 16.7 Å². The average Bonchev–Trinajstić information content (AvgIpc) is 3.06. The highest BCUT2D eigenvalue weighted by Crippen LogP contribution is 2.21. The van der Waals surface area contributed by atoms with Gasteiger partial charge in [-0.1, -0.05) is 63.8 Å². The van der Waals surface area contributed by atoms with Crippen molar-refractivity contribution in [1.29, 1.82) is 0 Å². The second kappa shape index (κ2) is 8.80. The Morgan fingerprint density at radius 1 is 0.760 bits per heavy atom. The number of rotatable bonds is 9. The number of benzene rings is 2. The van der Waals surface area contributed by atoms with E-state index in [-0.39, 0.29) is 0 Å². The Balaban J connectivity index is 1.89. The molecular formula is C22H29N3. The minimum Gasteiger partial charge on any atom is -0.150 e. The highest BCUT2D eigenvalue weighted by Gasteiger charge is 2.10. The zero-order valence-electron chi connectivity index (χ0n) is 15.5. The van der Waals surface area contributed by atoms with E-state index in [1.807, 2.05) is 29.1 Å². The van der Waals surface area contributed by atoms with Crippen molar-refractivity contribution in [2.45, 2.75) is 65.2 Å². The molecule has 3 nitrogen and oxygen atoms in total. The molecule has 0 unspecified atom stereocenters. The van der Waals surface area contributed by atoms with Crippen molar-refractivity contribution in [3.05, 3.63) is 53.6 Å². The molecule has 132 valence electrons. The molecule has 3 aromatic rings. The number of fused-ring (bicyclic) bond motifs is 1. The van der Waals surface area contributed by atoms with Gasteiger partial charge in [-0.3, -0.25) is 0 Å². The summed E-state index contributed by atoms with van der Waals surface area (Å²) in [7, 11) is 0. The Morgan fingerprint density at radius 3 is 2.04 bits per heavy atom. The quantitative estimate of drug-likeness (QED) is 0.457. The Labute approximate surface area is 151 Å². The van der Waals surface area contributed by atoms with Gasteiger partial charge in [0.25, 0.3) is 0 Å². The van der Waals surface area contributed by atoms with Gasteiger partial charge in [0.2, 0.25) is 0 Å². The van der Waals surface area contributed by atoms with Crippen LogP contribution in [0, 0.1) is 0 Å². The van der Waals surface area contributed by atoms with Crippen molar-refractivity contribution in [3.63, 3.8) is 0 Å². The molecule has 0 spiro atoms. The normalized spacial score (nSPS) is 11.3. The SMILES string of the molecule is CCCCCc1ccc(-n2nc3ccccc3n2)c(CCCCC)c1. The third-order valence-electron chi connectivity index (χ3n) is 4.76. The molecule has 3 heteroatoms. The lowest BCUT2D eigenvalue weighted by Gasteiger charge is -2.11. The van der Waals surface area contributed by atoms with Gasteiger partial charge in [-0.25, -0.2) is 0 Å². The van der Waals surface area contributed by atoms with Gasteiger partial charge < -0.3 is 0 Å². The predicted molar refractivity (Wildman–Crippen MR) is 105 cm³/mol. The van der Waals surface area contributed by atoms with Crippen LogP contribution in [0.2, 0.25) is 0 Å². The molecule has 0 amide bonds. The molecule has 0 saturated carbocycles. The Kier molecular flexibility index (Phi) is 6.21. The summed E-state index contributed by atoms with van der Waals surface area (Å²) in [6, 6.07) is 14.9. The largest absolute Gasteiger partial charge is 0.150 e. The van der Waals surface area contributed by atoms with Gasteiger partial charge in [-0.15, -0.1) is 10.2 Å². The highest BCUT2D eigenvalue weighted by molar-refractivity contribution is 5.73. The highest BCUT2D eigenvalue weighted by atomic mass is 15.5. The first-order valence-electron chi connectivity index (χ1n) is 9.76. The summed E-state index contributed by atoms with van der Waals surface area (Å²) in [5, 5.41) is 9.37. The summed E-state index contributed by atoms with van der Waals surface area (Å²) in [5.41, 5.74) is 5.86. The lowest BCUT2D eigenvalue weighted by molar-refractivity contribution is 0.694. The lowest BCUT2D eigenvalue weighted by Crippen LogP contribution is -2.04. The van der Waals surface area contributed by atoms with Crippen LogP contribution in [0.3, 0.4) is 0 Å². The molecule has 0 aliphatic carbocycles. The van der Waals surface area contributed by atoms with Gasteiger partial charge in [0, 0.05) is 0 Å². The van der Waals surface area contributed by atoms with Gasteiger partial charge in [0.1, 0.15) is 11.0 Å². The number of aromatic nitrogens is 3. The van der Waals surface area contributed by atoms with Crippen LogP contribution in [0.15, 0.2) is 42.5 Å².